The van der Waals surface area contributed by atoms with Crippen LogP contribution in [0.15, 0.2) is 91.0 Å². The molecule has 0 fully saturated rings. The third kappa shape index (κ3) is 12.6. The first-order valence-corrected chi connectivity index (χ1v) is 20.6. The monoisotopic (exact) mass is 902 g/mol. The van der Waals surface area contributed by atoms with E-state index >= 15 is 0 Å². The van der Waals surface area contributed by atoms with Gasteiger partial charge in [0.2, 0.25) is 0 Å². The van der Waals surface area contributed by atoms with Gasteiger partial charge in [-0.25, -0.2) is 28.8 Å². The second kappa shape index (κ2) is 20.8. The van der Waals surface area contributed by atoms with Crippen molar-refractivity contribution in [2.45, 2.75) is 54.9 Å². The van der Waals surface area contributed by atoms with Crippen LogP contribution in [0.1, 0.15) is 47.5 Å². The maximum absolute atomic E-state index is 13.2. The molecule has 21 heteroatoms. The summed E-state index contributed by atoms with van der Waals surface area (Å²) in [5.74, 6) is 0. The first kappa shape index (κ1) is 47.0. The molecule has 66 heavy (non-hydrogen) atoms. The van der Waals surface area contributed by atoms with Gasteiger partial charge in [0.15, 0.2) is 0 Å². The number of carbonyl (C=O) groups is 6. The SMILES string of the molecule is CCC(COC(=O)Nc1cccc(NC(=O)n2nc(C)cc2C)c1)(COC(=O)Nc1cccc(NC(=O)n2nc(C)cc2C)c1)COC(=O)Nc1cccc(NC(=O)n2nc(C)cc2C)c1. The maximum atomic E-state index is 13.2. The predicted molar refractivity (Wildman–Crippen MR) is 245 cm³/mol. The molecule has 0 aliphatic rings. The minimum Gasteiger partial charge on any atom is -0.448 e. The zero-order chi connectivity index (χ0) is 47.5. The van der Waals surface area contributed by atoms with E-state index in [1.165, 1.54) is 32.2 Å². The van der Waals surface area contributed by atoms with Crippen molar-refractivity contribution >= 4 is 70.5 Å². The highest BCUT2D eigenvalue weighted by Gasteiger charge is 2.35. The zero-order valence-electron chi connectivity index (χ0n) is 37.3. The third-order valence-electron chi connectivity index (χ3n) is 9.96. The van der Waals surface area contributed by atoms with Crippen LogP contribution < -0.4 is 31.9 Å². The minimum absolute atomic E-state index is 0.191. The van der Waals surface area contributed by atoms with Crippen molar-refractivity contribution in [1.82, 2.24) is 29.3 Å². The highest BCUT2D eigenvalue weighted by molar-refractivity contribution is 5.94. The van der Waals surface area contributed by atoms with Crippen LogP contribution in [0.2, 0.25) is 0 Å². The van der Waals surface area contributed by atoms with Crippen LogP contribution >= 0.6 is 0 Å². The number of carbonyl (C=O) groups excluding carboxylic acids is 6. The molecule has 21 nitrogen and oxygen atoms in total. The largest absolute Gasteiger partial charge is 0.448 e. The third-order valence-corrected chi connectivity index (χ3v) is 9.96. The number of aromatic nitrogens is 6. The Labute approximate surface area is 379 Å². The fraction of sp³-hybridized carbons (Fsp3) is 0.267. The van der Waals surface area contributed by atoms with E-state index in [0.29, 0.717) is 68.3 Å². The molecular formula is C45H50N12O9. The van der Waals surface area contributed by atoms with Crippen molar-refractivity contribution in [1.29, 1.82) is 0 Å². The van der Waals surface area contributed by atoms with E-state index in [2.05, 4.69) is 47.2 Å². The Morgan fingerprint density at radius 1 is 0.439 bits per heavy atom. The lowest BCUT2D eigenvalue weighted by molar-refractivity contribution is -0.0104. The maximum Gasteiger partial charge on any atom is 0.411 e. The Hall–Kier alpha value is -8.49. The lowest BCUT2D eigenvalue weighted by atomic mass is 9.88. The molecule has 0 atom stereocenters. The average Bonchev–Trinajstić information content (AvgIpc) is 3.93. The summed E-state index contributed by atoms with van der Waals surface area (Å²) in [7, 11) is 0. The van der Waals surface area contributed by atoms with Crippen LogP contribution in [0.5, 0.6) is 0 Å². The Balaban J connectivity index is 1.10. The van der Waals surface area contributed by atoms with Crippen molar-refractivity contribution < 1.29 is 43.0 Å². The van der Waals surface area contributed by atoms with Crippen LogP contribution in [0.4, 0.5) is 62.9 Å². The number of nitrogens with zero attached hydrogens (tertiary/aromatic N) is 6. The number of rotatable bonds is 13. The van der Waals surface area contributed by atoms with Crippen LogP contribution in [-0.4, -0.2) is 85.5 Å². The molecule has 0 spiro atoms. The van der Waals surface area contributed by atoms with Gasteiger partial charge < -0.3 is 30.2 Å². The molecule has 0 aliphatic heterocycles. The number of ether oxygens (including phenoxy) is 3. The second-order valence-corrected chi connectivity index (χ2v) is 15.5. The molecule has 0 unspecified atom stereocenters. The number of anilines is 6. The van der Waals surface area contributed by atoms with Crippen LogP contribution in [0.25, 0.3) is 0 Å². The summed E-state index contributed by atoms with van der Waals surface area (Å²) in [6.45, 7) is 11.2. The normalized spacial score (nSPS) is 11.0. The number of amides is 6. The van der Waals surface area contributed by atoms with E-state index in [4.69, 9.17) is 14.2 Å². The molecule has 6 N–H and O–H groups in total. The summed E-state index contributed by atoms with van der Waals surface area (Å²) >= 11 is 0. The van der Waals surface area contributed by atoms with Gasteiger partial charge in [0.25, 0.3) is 0 Å². The van der Waals surface area contributed by atoms with E-state index in [1.807, 2.05) is 0 Å². The van der Waals surface area contributed by atoms with Crippen LogP contribution in [0.3, 0.4) is 0 Å². The summed E-state index contributed by atoms with van der Waals surface area (Å²) in [6, 6.07) is 22.9. The van der Waals surface area contributed by atoms with Gasteiger partial charge in [-0.1, -0.05) is 25.1 Å². The summed E-state index contributed by atoms with van der Waals surface area (Å²) in [5, 5.41) is 28.7. The molecule has 344 valence electrons. The van der Waals surface area contributed by atoms with Crippen LogP contribution in [-0.2, 0) is 14.2 Å². The van der Waals surface area contributed by atoms with E-state index in [9.17, 15) is 28.8 Å². The number of nitrogens with one attached hydrogen (secondary N) is 6. The smallest absolute Gasteiger partial charge is 0.411 e. The van der Waals surface area contributed by atoms with Crippen molar-refractivity contribution in [3.05, 3.63) is 125 Å². The molecule has 6 rings (SSSR count). The molecule has 3 aromatic heterocycles. The first-order chi connectivity index (χ1) is 31.5. The van der Waals surface area contributed by atoms with Gasteiger partial charge in [0.05, 0.1) is 22.5 Å². The highest BCUT2D eigenvalue weighted by Crippen LogP contribution is 2.27. The molecule has 0 bridgehead atoms. The van der Waals surface area contributed by atoms with Crippen molar-refractivity contribution in [3.63, 3.8) is 0 Å². The number of hydrogen-bond donors (Lipinski definition) is 6. The summed E-state index contributed by atoms with van der Waals surface area (Å²) in [5.41, 5.74) is 4.68. The molecule has 3 aromatic carbocycles. The van der Waals surface area contributed by atoms with Crippen molar-refractivity contribution in [2.75, 3.05) is 51.7 Å². The summed E-state index contributed by atoms with van der Waals surface area (Å²) < 4.78 is 20.6. The molecule has 0 saturated carbocycles. The fourth-order valence-corrected chi connectivity index (χ4v) is 6.61. The van der Waals surface area contributed by atoms with Gasteiger partial charge in [-0.05, 0) is 121 Å². The molecule has 6 amide bonds. The first-order valence-electron chi connectivity index (χ1n) is 20.6. The molecule has 0 saturated heterocycles. The Morgan fingerprint density at radius 2 is 0.697 bits per heavy atom. The Kier molecular flexibility index (Phi) is 14.8. The van der Waals surface area contributed by atoms with E-state index < -0.39 is 41.8 Å². The Bertz CT molecular complexity index is 2480. The quantitative estimate of drug-likeness (QED) is 0.0595. The predicted octanol–water partition coefficient (Wildman–Crippen LogP) is 8.81. The van der Waals surface area contributed by atoms with Gasteiger partial charge in [0.1, 0.15) is 19.8 Å². The van der Waals surface area contributed by atoms with Gasteiger partial charge in [-0.2, -0.15) is 29.3 Å². The topological polar surface area (TPSA) is 256 Å². The average molecular weight is 903 g/mol. The minimum atomic E-state index is -1.27. The number of benzene rings is 3. The number of hydrogen-bond acceptors (Lipinski definition) is 12. The molecule has 0 aliphatic carbocycles. The van der Waals surface area contributed by atoms with E-state index in [-0.39, 0.29) is 26.2 Å². The van der Waals surface area contributed by atoms with Gasteiger partial charge in [0, 0.05) is 51.2 Å². The number of aryl methyl sites for hydroxylation is 6. The molecule has 0 radical (unpaired) electrons. The van der Waals surface area contributed by atoms with E-state index in [0.717, 1.165) is 0 Å². The standard InChI is InChI=1S/C45H50N12O9/c1-8-45(24-64-42(61)49-36-15-9-12-33(21-36)46-39(58)55-30(5)18-27(2)52-55,25-65-43(62)50-37-16-10-13-34(22-37)47-40(59)56-31(6)19-28(3)53-56)26-66-44(63)51-38-17-11-14-35(23-38)48-41(60)57-32(7)20-29(4)54-57/h9-23H,8,24-26H2,1-7H3,(H,46,58)(H,47,59)(H,48,60)(H,49,61)(H,50,62)(H,51,63). The fourth-order valence-electron chi connectivity index (χ4n) is 6.61. The summed E-state index contributed by atoms with van der Waals surface area (Å²) in [4.78, 5) is 78.2. The van der Waals surface area contributed by atoms with E-state index in [1.54, 1.807) is 121 Å². The molecule has 3 heterocycles. The second-order valence-electron chi connectivity index (χ2n) is 15.5. The lowest BCUT2D eigenvalue weighted by Crippen LogP contribution is -2.40. The van der Waals surface area contributed by atoms with Gasteiger partial charge in [-0.15, -0.1) is 0 Å². The van der Waals surface area contributed by atoms with Gasteiger partial charge in [-0.3, -0.25) is 16.0 Å². The Morgan fingerprint density at radius 3 is 0.924 bits per heavy atom. The van der Waals surface area contributed by atoms with Crippen LogP contribution in [0, 0.1) is 47.0 Å². The molecule has 6 aromatic rings. The van der Waals surface area contributed by atoms with Crippen molar-refractivity contribution in [2.24, 2.45) is 5.41 Å². The van der Waals surface area contributed by atoms with Gasteiger partial charge >= 0.3 is 36.4 Å². The lowest BCUT2D eigenvalue weighted by Gasteiger charge is -2.31. The highest BCUT2D eigenvalue weighted by atomic mass is 16.6. The molecular weight excluding hydrogens is 853 g/mol. The summed E-state index contributed by atoms with van der Waals surface area (Å²) in [6.07, 6.45) is -2.47. The van der Waals surface area contributed by atoms with Crippen molar-refractivity contribution in [3.8, 4) is 0 Å². The zero-order valence-corrected chi connectivity index (χ0v) is 37.3.